The van der Waals surface area contributed by atoms with Gasteiger partial charge in [-0.1, -0.05) is 0 Å². The number of methoxy groups -OCH3 is 1. The molecule has 0 saturated carbocycles. The van der Waals surface area contributed by atoms with Crippen LogP contribution in [-0.2, 0) is 0 Å². The van der Waals surface area contributed by atoms with Gasteiger partial charge in [-0.3, -0.25) is 0 Å². The largest absolute Gasteiger partial charge is 0.481 e. The minimum Gasteiger partial charge on any atom is -0.481 e. The summed E-state index contributed by atoms with van der Waals surface area (Å²) in [7, 11) is 3.57. The zero-order valence-electron chi connectivity index (χ0n) is 9.29. The molecule has 2 heterocycles. The SMILES string of the molecule is CNc1ccc(OC)nc1N1CCCC1. The zero-order valence-corrected chi connectivity index (χ0v) is 9.29. The van der Waals surface area contributed by atoms with E-state index in [1.54, 1.807) is 7.11 Å². The number of nitrogens with one attached hydrogen (secondary N) is 1. The van der Waals surface area contributed by atoms with Crippen LogP contribution in [0.2, 0.25) is 0 Å². The topological polar surface area (TPSA) is 37.4 Å². The van der Waals surface area contributed by atoms with Crippen molar-refractivity contribution in [2.24, 2.45) is 0 Å². The van der Waals surface area contributed by atoms with E-state index in [0.29, 0.717) is 5.88 Å². The molecule has 2 rings (SSSR count). The van der Waals surface area contributed by atoms with E-state index in [4.69, 9.17) is 4.74 Å². The third kappa shape index (κ3) is 1.98. The van der Waals surface area contributed by atoms with Crippen LogP contribution in [0.25, 0.3) is 0 Å². The number of hydrogen-bond donors (Lipinski definition) is 1. The van der Waals surface area contributed by atoms with Crippen molar-refractivity contribution in [3.05, 3.63) is 12.1 Å². The van der Waals surface area contributed by atoms with Gasteiger partial charge in [0, 0.05) is 26.2 Å². The number of anilines is 2. The van der Waals surface area contributed by atoms with Gasteiger partial charge in [0.05, 0.1) is 12.8 Å². The second kappa shape index (κ2) is 4.38. The van der Waals surface area contributed by atoms with E-state index in [1.807, 2.05) is 19.2 Å². The maximum Gasteiger partial charge on any atom is 0.215 e. The van der Waals surface area contributed by atoms with Crippen molar-refractivity contribution in [2.45, 2.75) is 12.8 Å². The number of pyridine rings is 1. The Morgan fingerprint density at radius 1 is 1.33 bits per heavy atom. The monoisotopic (exact) mass is 207 g/mol. The van der Waals surface area contributed by atoms with Crippen LogP contribution < -0.4 is 15.0 Å². The first kappa shape index (κ1) is 10.1. The first-order valence-electron chi connectivity index (χ1n) is 5.33. The molecule has 1 N–H and O–H groups in total. The van der Waals surface area contributed by atoms with Crippen molar-refractivity contribution < 1.29 is 4.74 Å². The van der Waals surface area contributed by atoms with E-state index in [-0.39, 0.29) is 0 Å². The number of hydrogen-bond acceptors (Lipinski definition) is 4. The summed E-state index contributed by atoms with van der Waals surface area (Å²) < 4.78 is 5.15. The van der Waals surface area contributed by atoms with Crippen LogP contribution in [0.15, 0.2) is 12.1 Å². The van der Waals surface area contributed by atoms with Crippen molar-refractivity contribution in [1.82, 2.24) is 4.98 Å². The van der Waals surface area contributed by atoms with Gasteiger partial charge >= 0.3 is 0 Å². The summed E-state index contributed by atoms with van der Waals surface area (Å²) in [6.07, 6.45) is 2.50. The van der Waals surface area contributed by atoms with Gasteiger partial charge in [-0.15, -0.1) is 0 Å². The highest BCUT2D eigenvalue weighted by Gasteiger charge is 2.17. The van der Waals surface area contributed by atoms with Gasteiger partial charge in [-0.25, -0.2) is 0 Å². The lowest BCUT2D eigenvalue weighted by Crippen LogP contribution is -2.20. The molecule has 1 aromatic rings. The van der Waals surface area contributed by atoms with E-state index < -0.39 is 0 Å². The molecule has 0 atom stereocenters. The standard InChI is InChI=1S/C11H17N3O/c1-12-9-5-6-10(15-2)13-11(9)14-7-3-4-8-14/h5-6,12H,3-4,7-8H2,1-2H3. The summed E-state index contributed by atoms with van der Waals surface area (Å²) in [6, 6.07) is 3.89. The van der Waals surface area contributed by atoms with Crippen molar-refractivity contribution >= 4 is 11.5 Å². The average Bonchev–Trinajstić information content (AvgIpc) is 2.81. The van der Waals surface area contributed by atoms with E-state index in [9.17, 15) is 0 Å². The minimum absolute atomic E-state index is 0.677. The minimum atomic E-state index is 0.677. The van der Waals surface area contributed by atoms with E-state index in [0.717, 1.165) is 24.6 Å². The number of rotatable bonds is 3. The lowest BCUT2D eigenvalue weighted by molar-refractivity contribution is 0.398. The molecule has 1 aliphatic rings. The number of ether oxygens (including phenoxy) is 1. The van der Waals surface area contributed by atoms with Crippen LogP contribution >= 0.6 is 0 Å². The fraction of sp³-hybridized carbons (Fsp3) is 0.545. The van der Waals surface area contributed by atoms with Gasteiger partial charge in [0.1, 0.15) is 0 Å². The quantitative estimate of drug-likeness (QED) is 0.819. The molecule has 4 heteroatoms. The van der Waals surface area contributed by atoms with E-state index in [1.165, 1.54) is 12.8 Å². The fourth-order valence-electron chi connectivity index (χ4n) is 1.91. The summed E-state index contributed by atoms with van der Waals surface area (Å²) >= 11 is 0. The van der Waals surface area contributed by atoms with Crippen LogP contribution in [0.5, 0.6) is 5.88 Å². The Kier molecular flexibility index (Phi) is 2.94. The molecule has 4 nitrogen and oxygen atoms in total. The van der Waals surface area contributed by atoms with Crippen LogP contribution in [0.4, 0.5) is 11.5 Å². The number of aromatic nitrogens is 1. The van der Waals surface area contributed by atoms with Gasteiger partial charge in [0.15, 0.2) is 5.82 Å². The highest BCUT2D eigenvalue weighted by molar-refractivity contribution is 5.66. The third-order valence-electron chi connectivity index (χ3n) is 2.73. The predicted octanol–water partition coefficient (Wildman–Crippen LogP) is 1.73. The van der Waals surface area contributed by atoms with Crippen molar-refractivity contribution in [1.29, 1.82) is 0 Å². The fourth-order valence-corrected chi connectivity index (χ4v) is 1.91. The van der Waals surface area contributed by atoms with Crippen molar-refractivity contribution in [2.75, 3.05) is 37.5 Å². The van der Waals surface area contributed by atoms with Gasteiger partial charge < -0.3 is 15.0 Å². The summed E-state index contributed by atoms with van der Waals surface area (Å²) in [5.74, 6) is 1.69. The normalized spacial score (nSPS) is 15.5. The lowest BCUT2D eigenvalue weighted by atomic mass is 10.3. The highest BCUT2D eigenvalue weighted by Crippen LogP contribution is 2.28. The molecular formula is C11H17N3O. The lowest BCUT2D eigenvalue weighted by Gasteiger charge is -2.20. The van der Waals surface area contributed by atoms with Gasteiger partial charge in [-0.05, 0) is 18.9 Å². The maximum absolute atomic E-state index is 5.15. The second-order valence-corrected chi connectivity index (χ2v) is 3.67. The summed E-state index contributed by atoms with van der Waals surface area (Å²) in [4.78, 5) is 6.79. The molecule has 1 aliphatic heterocycles. The molecule has 0 radical (unpaired) electrons. The first-order chi connectivity index (χ1) is 7.35. The van der Waals surface area contributed by atoms with E-state index in [2.05, 4.69) is 15.2 Å². The number of nitrogens with zero attached hydrogens (tertiary/aromatic N) is 2. The molecular weight excluding hydrogens is 190 g/mol. The van der Waals surface area contributed by atoms with Gasteiger partial charge in [-0.2, -0.15) is 4.98 Å². The molecule has 0 aromatic carbocycles. The molecule has 0 aliphatic carbocycles. The average molecular weight is 207 g/mol. The van der Waals surface area contributed by atoms with E-state index >= 15 is 0 Å². The summed E-state index contributed by atoms with van der Waals surface area (Å²) in [6.45, 7) is 2.18. The molecule has 0 spiro atoms. The van der Waals surface area contributed by atoms with Crippen LogP contribution in [-0.4, -0.2) is 32.2 Å². The maximum atomic E-state index is 5.15. The smallest absolute Gasteiger partial charge is 0.215 e. The Balaban J connectivity index is 2.32. The van der Waals surface area contributed by atoms with Crippen LogP contribution in [0.1, 0.15) is 12.8 Å². The Labute approximate surface area is 90.3 Å². The highest BCUT2D eigenvalue weighted by atomic mass is 16.5. The predicted molar refractivity (Wildman–Crippen MR) is 61.8 cm³/mol. The second-order valence-electron chi connectivity index (χ2n) is 3.67. The molecule has 0 unspecified atom stereocenters. The molecule has 15 heavy (non-hydrogen) atoms. The molecule has 1 aromatic heterocycles. The Morgan fingerprint density at radius 3 is 2.67 bits per heavy atom. The molecule has 1 saturated heterocycles. The Hall–Kier alpha value is -1.45. The van der Waals surface area contributed by atoms with Crippen LogP contribution in [0.3, 0.4) is 0 Å². The third-order valence-corrected chi connectivity index (χ3v) is 2.73. The van der Waals surface area contributed by atoms with Crippen molar-refractivity contribution in [3.63, 3.8) is 0 Å². The summed E-state index contributed by atoms with van der Waals surface area (Å²) in [5.41, 5.74) is 1.07. The van der Waals surface area contributed by atoms with Gasteiger partial charge in [0.2, 0.25) is 5.88 Å². The van der Waals surface area contributed by atoms with Crippen LogP contribution in [0, 0.1) is 0 Å². The molecule has 1 fully saturated rings. The Morgan fingerprint density at radius 2 is 2.07 bits per heavy atom. The molecule has 0 amide bonds. The molecule has 0 bridgehead atoms. The van der Waals surface area contributed by atoms with Crippen molar-refractivity contribution in [3.8, 4) is 5.88 Å². The first-order valence-corrected chi connectivity index (χ1v) is 5.33. The summed E-state index contributed by atoms with van der Waals surface area (Å²) in [5, 5.41) is 3.16. The Bertz CT molecular complexity index is 335. The molecule has 82 valence electrons. The zero-order chi connectivity index (χ0) is 10.7. The van der Waals surface area contributed by atoms with Gasteiger partial charge in [0.25, 0.3) is 0 Å².